The molecule has 0 spiro atoms. The average Bonchev–Trinajstić information content (AvgIpc) is 2.38. The number of hydrogen-bond donors (Lipinski definition) is 0. The van der Waals surface area contributed by atoms with Gasteiger partial charge in [-0.15, -0.1) is 0 Å². The van der Waals surface area contributed by atoms with E-state index in [1.807, 2.05) is 0 Å². The molecule has 0 aliphatic carbocycles. The quantitative estimate of drug-likeness (QED) is 0.492. The molecule has 0 saturated carbocycles. The Kier molecular flexibility index (Phi) is 3.57. The predicted molar refractivity (Wildman–Crippen MR) is 65.6 cm³/mol. The molecule has 6 nitrogen and oxygen atoms in total. The molecular weight excluding hydrogens is 277 g/mol. The molecular formula is C11H7ClFN3O3. The SMILES string of the molecule is COc1ccc(-c2nc(Cl)ncc2[N+](=O)[O-])c(F)c1. The van der Waals surface area contributed by atoms with Gasteiger partial charge in [0.2, 0.25) is 5.28 Å². The Balaban J connectivity index is 2.64. The summed E-state index contributed by atoms with van der Waals surface area (Å²) >= 11 is 5.59. The first-order chi connectivity index (χ1) is 9.02. The van der Waals surface area contributed by atoms with Crippen LogP contribution in [0, 0.1) is 15.9 Å². The molecule has 2 aromatic rings. The normalized spacial score (nSPS) is 10.3. The maximum atomic E-state index is 13.9. The Morgan fingerprint density at radius 1 is 1.47 bits per heavy atom. The van der Waals surface area contributed by atoms with Gasteiger partial charge in [-0.05, 0) is 23.7 Å². The van der Waals surface area contributed by atoms with Gasteiger partial charge in [0.1, 0.15) is 17.8 Å². The number of ether oxygens (including phenoxy) is 1. The zero-order chi connectivity index (χ0) is 14.0. The summed E-state index contributed by atoms with van der Waals surface area (Å²) < 4.78 is 18.7. The molecule has 0 saturated heterocycles. The lowest BCUT2D eigenvalue weighted by atomic mass is 10.1. The van der Waals surface area contributed by atoms with Crippen LogP contribution in [0.5, 0.6) is 5.75 Å². The second kappa shape index (κ2) is 5.15. The summed E-state index contributed by atoms with van der Waals surface area (Å²) in [5.74, 6) is -0.402. The first-order valence-corrected chi connectivity index (χ1v) is 5.41. The van der Waals surface area contributed by atoms with E-state index in [9.17, 15) is 14.5 Å². The fourth-order valence-corrected chi connectivity index (χ4v) is 1.63. The van der Waals surface area contributed by atoms with Gasteiger partial charge in [0.05, 0.1) is 12.0 Å². The van der Waals surface area contributed by atoms with E-state index in [1.54, 1.807) is 0 Å². The van der Waals surface area contributed by atoms with Gasteiger partial charge in [0.25, 0.3) is 0 Å². The molecule has 1 aromatic heterocycles. The minimum Gasteiger partial charge on any atom is -0.497 e. The summed E-state index contributed by atoms with van der Waals surface area (Å²) in [6.07, 6.45) is 0.939. The van der Waals surface area contributed by atoms with E-state index in [4.69, 9.17) is 16.3 Å². The van der Waals surface area contributed by atoms with Gasteiger partial charge in [0.15, 0.2) is 5.69 Å². The van der Waals surface area contributed by atoms with Crippen LogP contribution >= 0.6 is 11.6 Å². The van der Waals surface area contributed by atoms with Crippen LogP contribution in [-0.2, 0) is 0 Å². The average molecular weight is 284 g/mol. The molecule has 0 unspecified atom stereocenters. The maximum Gasteiger partial charge on any atom is 0.313 e. The van der Waals surface area contributed by atoms with Crippen molar-refractivity contribution in [1.82, 2.24) is 9.97 Å². The van der Waals surface area contributed by atoms with Crippen LogP contribution in [0.4, 0.5) is 10.1 Å². The van der Waals surface area contributed by atoms with E-state index in [2.05, 4.69) is 9.97 Å². The molecule has 2 rings (SSSR count). The summed E-state index contributed by atoms with van der Waals surface area (Å²) in [4.78, 5) is 17.4. The molecule has 0 amide bonds. The molecule has 0 bridgehead atoms. The number of nitro groups is 1. The van der Waals surface area contributed by atoms with Gasteiger partial charge < -0.3 is 4.74 Å². The molecule has 98 valence electrons. The van der Waals surface area contributed by atoms with Crippen molar-refractivity contribution in [3.8, 4) is 17.0 Å². The first-order valence-electron chi connectivity index (χ1n) is 5.03. The number of aromatic nitrogens is 2. The molecule has 1 aromatic carbocycles. The highest BCUT2D eigenvalue weighted by atomic mass is 35.5. The van der Waals surface area contributed by atoms with E-state index >= 15 is 0 Å². The minimum absolute atomic E-state index is 0.0446. The van der Waals surface area contributed by atoms with E-state index in [0.29, 0.717) is 5.75 Å². The predicted octanol–water partition coefficient (Wildman–Crippen LogP) is 2.85. The van der Waals surface area contributed by atoms with Crippen molar-refractivity contribution in [3.63, 3.8) is 0 Å². The first kappa shape index (κ1) is 13.2. The van der Waals surface area contributed by atoms with Crippen molar-refractivity contribution in [2.24, 2.45) is 0 Å². The number of halogens is 2. The van der Waals surface area contributed by atoms with Crippen LogP contribution in [0.1, 0.15) is 0 Å². The molecule has 0 aliphatic rings. The van der Waals surface area contributed by atoms with E-state index in [1.165, 1.54) is 19.2 Å². The highest BCUT2D eigenvalue weighted by molar-refractivity contribution is 6.28. The summed E-state index contributed by atoms with van der Waals surface area (Å²) in [6.45, 7) is 0. The third-order valence-electron chi connectivity index (χ3n) is 2.37. The van der Waals surface area contributed by atoms with Gasteiger partial charge in [-0.3, -0.25) is 10.1 Å². The molecule has 0 radical (unpaired) electrons. The smallest absolute Gasteiger partial charge is 0.313 e. The number of benzene rings is 1. The third-order valence-corrected chi connectivity index (χ3v) is 2.55. The molecule has 1 heterocycles. The van der Waals surface area contributed by atoms with Crippen LogP contribution in [0.25, 0.3) is 11.3 Å². The summed E-state index contributed by atoms with van der Waals surface area (Å²) in [6, 6.07) is 3.91. The minimum atomic E-state index is -0.699. The van der Waals surface area contributed by atoms with Crippen molar-refractivity contribution in [3.05, 3.63) is 45.6 Å². The Morgan fingerprint density at radius 3 is 2.79 bits per heavy atom. The molecule has 8 heteroatoms. The largest absolute Gasteiger partial charge is 0.497 e. The van der Waals surface area contributed by atoms with Gasteiger partial charge in [-0.25, -0.2) is 14.4 Å². The molecule has 0 fully saturated rings. The lowest BCUT2D eigenvalue weighted by Crippen LogP contribution is -1.98. The fraction of sp³-hybridized carbons (Fsp3) is 0.0909. The van der Waals surface area contributed by atoms with E-state index < -0.39 is 16.4 Å². The standard InChI is InChI=1S/C11H7ClFN3O3/c1-19-6-2-3-7(8(13)4-6)10-9(16(17)18)5-14-11(12)15-10/h2-5H,1H3. The molecule has 0 aliphatic heterocycles. The number of nitrogens with zero attached hydrogens (tertiary/aromatic N) is 3. The van der Waals surface area contributed by atoms with E-state index in [0.717, 1.165) is 12.3 Å². The molecule has 0 N–H and O–H groups in total. The summed E-state index contributed by atoms with van der Waals surface area (Å²) in [7, 11) is 1.39. The van der Waals surface area contributed by atoms with Gasteiger partial charge in [-0.1, -0.05) is 0 Å². The Morgan fingerprint density at radius 2 is 2.21 bits per heavy atom. The summed E-state index contributed by atoms with van der Waals surface area (Å²) in [5.41, 5.74) is -0.643. The van der Waals surface area contributed by atoms with Crippen molar-refractivity contribution in [2.45, 2.75) is 0 Å². The van der Waals surface area contributed by atoms with Crippen molar-refractivity contribution in [1.29, 1.82) is 0 Å². The second-order valence-corrected chi connectivity index (χ2v) is 3.81. The zero-order valence-corrected chi connectivity index (χ0v) is 10.4. The lowest BCUT2D eigenvalue weighted by molar-refractivity contribution is -0.384. The fourth-order valence-electron chi connectivity index (χ4n) is 1.50. The van der Waals surface area contributed by atoms with Crippen molar-refractivity contribution >= 4 is 17.3 Å². The second-order valence-electron chi connectivity index (χ2n) is 3.48. The monoisotopic (exact) mass is 283 g/mol. The Hall–Kier alpha value is -2.28. The number of hydrogen-bond acceptors (Lipinski definition) is 5. The van der Waals surface area contributed by atoms with Crippen molar-refractivity contribution < 1.29 is 14.1 Å². The van der Waals surface area contributed by atoms with Crippen LogP contribution in [0.15, 0.2) is 24.4 Å². The van der Waals surface area contributed by atoms with E-state index in [-0.39, 0.29) is 16.5 Å². The number of methoxy groups -OCH3 is 1. The van der Waals surface area contributed by atoms with Crippen molar-refractivity contribution in [2.75, 3.05) is 7.11 Å². The zero-order valence-electron chi connectivity index (χ0n) is 9.63. The third kappa shape index (κ3) is 2.60. The number of rotatable bonds is 3. The van der Waals surface area contributed by atoms with Crippen LogP contribution in [-0.4, -0.2) is 22.0 Å². The highest BCUT2D eigenvalue weighted by Crippen LogP contribution is 2.31. The molecule has 0 atom stereocenters. The van der Waals surface area contributed by atoms with Crippen LogP contribution in [0.3, 0.4) is 0 Å². The highest BCUT2D eigenvalue weighted by Gasteiger charge is 2.21. The van der Waals surface area contributed by atoms with Gasteiger partial charge in [0, 0.05) is 11.6 Å². The molecule has 19 heavy (non-hydrogen) atoms. The van der Waals surface area contributed by atoms with Crippen LogP contribution in [0.2, 0.25) is 5.28 Å². The maximum absolute atomic E-state index is 13.9. The summed E-state index contributed by atoms with van der Waals surface area (Å²) in [5, 5.41) is 10.7. The van der Waals surface area contributed by atoms with Gasteiger partial charge >= 0.3 is 5.69 Å². The van der Waals surface area contributed by atoms with Gasteiger partial charge in [-0.2, -0.15) is 0 Å². The lowest BCUT2D eigenvalue weighted by Gasteiger charge is -2.05. The van der Waals surface area contributed by atoms with Crippen LogP contribution < -0.4 is 4.74 Å². The Bertz CT molecular complexity index is 651. The Labute approximate surface area is 112 Å². The topological polar surface area (TPSA) is 78.2 Å².